The number of phosphoric acid groups is 1. The number of carbonyl (C=O) groups is 1. The van der Waals surface area contributed by atoms with Gasteiger partial charge in [-0.25, -0.2) is 4.57 Å². The lowest BCUT2D eigenvalue weighted by Crippen LogP contribution is -2.28. The molecule has 0 spiro atoms. The molecule has 0 amide bonds. The third-order valence-corrected chi connectivity index (χ3v) is 9.83. The van der Waals surface area contributed by atoms with E-state index in [-0.39, 0.29) is 32.3 Å². The average molecular weight is 730 g/mol. The lowest BCUT2D eigenvalue weighted by molar-refractivity contribution is -0.154. The Labute approximate surface area is 308 Å². The number of nitrogens with two attached hydrogens (primary N) is 1. The zero-order chi connectivity index (χ0) is 36.6. The van der Waals surface area contributed by atoms with E-state index in [1.54, 1.807) is 0 Å². The fourth-order valence-corrected chi connectivity index (χ4v) is 6.52. The van der Waals surface area contributed by atoms with Crippen molar-refractivity contribution in [3.63, 3.8) is 0 Å². The van der Waals surface area contributed by atoms with Crippen LogP contribution in [0, 0.1) is 0 Å². The molecular formula is C41H80NO7P. The minimum Gasteiger partial charge on any atom is -0.457 e. The maximum atomic E-state index is 12.6. The van der Waals surface area contributed by atoms with Gasteiger partial charge in [0.05, 0.1) is 19.8 Å². The summed E-state index contributed by atoms with van der Waals surface area (Å²) in [5, 5.41) is 0. The largest absolute Gasteiger partial charge is 0.472 e. The number of allylic oxidation sites excluding steroid dienone is 4. The zero-order valence-corrected chi connectivity index (χ0v) is 33.5. The van der Waals surface area contributed by atoms with Crippen LogP contribution in [0.25, 0.3) is 0 Å². The van der Waals surface area contributed by atoms with Crippen LogP contribution in [0.15, 0.2) is 24.3 Å². The number of unbranched alkanes of at least 4 members (excludes halogenated alkanes) is 23. The number of esters is 1. The number of rotatable bonds is 40. The van der Waals surface area contributed by atoms with Crippen LogP contribution in [0.2, 0.25) is 0 Å². The normalized spacial score (nSPS) is 13.8. The van der Waals surface area contributed by atoms with Crippen molar-refractivity contribution in [2.75, 3.05) is 33.0 Å². The summed E-state index contributed by atoms with van der Waals surface area (Å²) in [6.45, 7) is 4.89. The van der Waals surface area contributed by atoms with E-state index in [1.165, 1.54) is 141 Å². The molecule has 0 fully saturated rings. The Balaban J connectivity index is 4.04. The first kappa shape index (κ1) is 49.0. The van der Waals surface area contributed by atoms with Gasteiger partial charge < -0.3 is 20.1 Å². The number of hydrogen-bond donors (Lipinski definition) is 2. The standard InChI is InChI=1S/C41H80NO7P/c1-3-5-7-9-11-13-15-17-18-19-20-21-22-24-26-28-30-32-34-41(43)49-40(39-48-50(44,45)47-37-35-42)38-46-36-33-31-29-27-25-23-16-14-12-10-8-6-4-2/h12,14,18-19,40H,3-11,13,15-17,20-39,42H2,1-2H3,(H,44,45)/b14-12-,19-18-. The Bertz CT molecular complexity index is 823. The molecule has 0 saturated carbocycles. The number of phosphoric ester groups is 1. The minimum absolute atomic E-state index is 0.0963. The molecule has 0 saturated heterocycles. The van der Waals surface area contributed by atoms with Gasteiger partial charge in [0.15, 0.2) is 0 Å². The van der Waals surface area contributed by atoms with Crippen LogP contribution in [-0.2, 0) is 27.9 Å². The summed E-state index contributed by atoms with van der Waals surface area (Å²) >= 11 is 0. The van der Waals surface area contributed by atoms with Crippen molar-refractivity contribution in [2.24, 2.45) is 5.73 Å². The maximum Gasteiger partial charge on any atom is 0.472 e. The van der Waals surface area contributed by atoms with Gasteiger partial charge in [-0.15, -0.1) is 0 Å². The summed E-state index contributed by atoms with van der Waals surface area (Å²) in [6.07, 6.45) is 41.9. The second-order valence-corrected chi connectivity index (χ2v) is 15.3. The highest BCUT2D eigenvalue weighted by molar-refractivity contribution is 7.47. The molecule has 2 atom stereocenters. The molecule has 0 bridgehead atoms. The maximum absolute atomic E-state index is 12.6. The zero-order valence-electron chi connectivity index (χ0n) is 32.6. The van der Waals surface area contributed by atoms with Crippen LogP contribution in [0.1, 0.15) is 194 Å². The molecule has 50 heavy (non-hydrogen) atoms. The molecule has 0 aromatic heterocycles. The second-order valence-electron chi connectivity index (χ2n) is 13.8. The Hall–Kier alpha value is -1.02. The van der Waals surface area contributed by atoms with Crippen LogP contribution in [0.3, 0.4) is 0 Å². The summed E-state index contributed by atoms with van der Waals surface area (Å²) < 4.78 is 33.4. The Morgan fingerprint density at radius 2 is 1.00 bits per heavy atom. The van der Waals surface area contributed by atoms with Gasteiger partial charge in [-0.3, -0.25) is 13.8 Å². The third kappa shape index (κ3) is 38.2. The molecule has 0 aromatic carbocycles. The van der Waals surface area contributed by atoms with E-state index >= 15 is 0 Å². The molecular weight excluding hydrogens is 649 g/mol. The Morgan fingerprint density at radius 1 is 0.580 bits per heavy atom. The highest BCUT2D eigenvalue weighted by Crippen LogP contribution is 2.43. The van der Waals surface area contributed by atoms with Crippen molar-refractivity contribution in [1.82, 2.24) is 0 Å². The first-order chi connectivity index (χ1) is 24.4. The van der Waals surface area contributed by atoms with Crippen LogP contribution in [0.5, 0.6) is 0 Å². The van der Waals surface area contributed by atoms with E-state index < -0.39 is 13.9 Å². The number of ether oxygens (including phenoxy) is 2. The molecule has 0 aliphatic heterocycles. The summed E-state index contributed by atoms with van der Waals surface area (Å²) in [5.74, 6) is -0.336. The monoisotopic (exact) mass is 730 g/mol. The van der Waals surface area contributed by atoms with Crippen molar-refractivity contribution in [1.29, 1.82) is 0 Å². The minimum atomic E-state index is -4.27. The SMILES string of the molecule is CCCCC/C=C\CCCCCCCCOCC(COP(=O)(O)OCCN)OC(=O)CCCCCCCCC/C=C\CCCCCCCCC. The molecule has 2 unspecified atom stereocenters. The molecule has 3 N–H and O–H groups in total. The van der Waals surface area contributed by atoms with Gasteiger partial charge in [0.25, 0.3) is 0 Å². The molecule has 0 aromatic rings. The van der Waals surface area contributed by atoms with Crippen LogP contribution in [-0.4, -0.2) is 49.9 Å². The van der Waals surface area contributed by atoms with Gasteiger partial charge in [-0.1, -0.05) is 147 Å². The fraction of sp³-hybridized carbons (Fsp3) is 0.878. The molecule has 0 heterocycles. The molecule has 0 aliphatic rings. The van der Waals surface area contributed by atoms with E-state index in [4.69, 9.17) is 24.3 Å². The fourth-order valence-electron chi connectivity index (χ4n) is 5.75. The Kier molecular flexibility index (Phi) is 38.4. The average Bonchev–Trinajstić information content (AvgIpc) is 3.10. The summed E-state index contributed by atoms with van der Waals surface area (Å²) in [4.78, 5) is 22.4. The molecule has 9 heteroatoms. The number of carbonyl (C=O) groups excluding carboxylic acids is 1. The van der Waals surface area contributed by atoms with E-state index in [9.17, 15) is 14.3 Å². The quantitative estimate of drug-likeness (QED) is 0.0277. The molecule has 0 rings (SSSR count). The molecule has 0 radical (unpaired) electrons. The molecule has 296 valence electrons. The summed E-state index contributed by atoms with van der Waals surface area (Å²) in [6, 6.07) is 0. The Morgan fingerprint density at radius 3 is 1.50 bits per heavy atom. The highest BCUT2D eigenvalue weighted by Gasteiger charge is 2.25. The van der Waals surface area contributed by atoms with Crippen molar-refractivity contribution in [3.8, 4) is 0 Å². The van der Waals surface area contributed by atoms with Gasteiger partial charge in [0.1, 0.15) is 6.10 Å². The van der Waals surface area contributed by atoms with Gasteiger partial charge >= 0.3 is 13.8 Å². The van der Waals surface area contributed by atoms with E-state index in [2.05, 4.69) is 38.2 Å². The van der Waals surface area contributed by atoms with Gasteiger partial charge in [0, 0.05) is 19.6 Å². The lowest BCUT2D eigenvalue weighted by Gasteiger charge is -2.20. The second kappa shape index (κ2) is 39.2. The van der Waals surface area contributed by atoms with Gasteiger partial charge in [-0.05, 0) is 64.2 Å². The van der Waals surface area contributed by atoms with E-state index in [0.29, 0.717) is 13.0 Å². The van der Waals surface area contributed by atoms with E-state index in [0.717, 1.165) is 32.1 Å². The van der Waals surface area contributed by atoms with Crippen molar-refractivity contribution >= 4 is 13.8 Å². The topological polar surface area (TPSA) is 117 Å². The summed E-state index contributed by atoms with van der Waals surface area (Å²) in [7, 11) is -4.27. The molecule has 0 aliphatic carbocycles. The number of hydrogen-bond acceptors (Lipinski definition) is 7. The van der Waals surface area contributed by atoms with Crippen LogP contribution >= 0.6 is 7.82 Å². The lowest BCUT2D eigenvalue weighted by atomic mass is 10.1. The summed E-state index contributed by atoms with van der Waals surface area (Å²) in [5.41, 5.74) is 5.36. The van der Waals surface area contributed by atoms with Crippen molar-refractivity contribution in [3.05, 3.63) is 24.3 Å². The predicted octanol–water partition coefficient (Wildman–Crippen LogP) is 12.1. The van der Waals surface area contributed by atoms with Crippen molar-refractivity contribution in [2.45, 2.75) is 200 Å². The first-order valence-corrected chi connectivity index (χ1v) is 22.3. The smallest absolute Gasteiger partial charge is 0.457 e. The van der Waals surface area contributed by atoms with Gasteiger partial charge in [0.2, 0.25) is 0 Å². The van der Waals surface area contributed by atoms with Crippen LogP contribution < -0.4 is 5.73 Å². The van der Waals surface area contributed by atoms with Crippen molar-refractivity contribution < 1.29 is 32.8 Å². The van der Waals surface area contributed by atoms with Gasteiger partial charge in [-0.2, -0.15) is 0 Å². The van der Waals surface area contributed by atoms with E-state index in [1.807, 2.05) is 0 Å². The highest BCUT2D eigenvalue weighted by atomic mass is 31.2. The molecule has 8 nitrogen and oxygen atoms in total. The first-order valence-electron chi connectivity index (χ1n) is 20.8. The van der Waals surface area contributed by atoms with Crippen LogP contribution in [0.4, 0.5) is 0 Å². The predicted molar refractivity (Wildman–Crippen MR) is 210 cm³/mol. The third-order valence-electron chi connectivity index (χ3n) is 8.84.